The normalized spacial score (nSPS) is 9.20. The zero-order valence-electron chi connectivity index (χ0n) is 8.44. The first kappa shape index (κ1) is 11.6. The zero-order valence-corrected chi connectivity index (χ0v) is 9.26. The molecule has 0 aliphatic carbocycles. The standard InChI is InChI=1S/C12H12N2S/c13-8-2-1-3-9-15-12-6-4-11(10-14)5-7-12/h4-7H,1-3,9H2. The molecule has 0 unspecified atom stereocenters. The van der Waals surface area contributed by atoms with Crippen molar-refractivity contribution in [1.29, 1.82) is 10.5 Å². The molecule has 76 valence electrons. The van der Waals surface area contributed by atoms with E-state index in [0.29, 0.717) is 12.0 Å². The summed E-state index contributed by atoms with van der Waals surface area (Å²) in [7, 11) is 0. The van der Waals surface area contributed by atoms with Crippen LogP contribution in [0.3, 0.4) is 0 Å². The van der Waals surface area contributed by atoms with Crippen molar-refractivity contribution >= 4 is 11.8 Å². The fourth-order valence-electron chi connectivity index (χ4n) is 1.12. The molecule has 1 rings (SSSR count). The molecule has 0 radical (unpaired) electrons. The van der Waals surface area contributed by atoms with Gasteiger partial charge in [0.1, 0.15) is 0 Å². The third-order valence-electron chi connectivity index (χ3n) is 1.94. The van der Waals surface area contributed by atoms with E-state index in [1.165, 1.54) is 4.90 Å². The molecule has 0 heterocycles. The Morgan fingerprint density at radius 2 is 1.80 bits per heavy atom. The summed E-state index contributed by atoms with van der Waals surface area (Å²) < 4.78 is 0. The van der Waals surface area contributed by atoms with E-state index >= 15 is 0 Å². The first-order valence-corrected chi connectivity index (χ1v) is 5.85. The summed E-state index contributed by atoms with van der Waals surface area (Å²) in [4.78, 5) is 1.19. The Bertz CT molecular complexity index is 370. The minimum absolute atomic E-state index is 0.647. The van der Waals surface area contributed by atoms with E-state index in [2.05, 4.69) is 12.1 Å². The molecule has 0 aliphatic rings. The van der Waals surface area contributed by atoms with Crippen molar-refractivity contribution in [3.63, 3.8) is 0 Å². The average molecular weight is 216 g/mol. The van der Waals surface area contributed by atoms with Gasteiger partial charge in [-0.05, 0) is 42.9 Å². The van der Waals surface area contributed by atoms with E-state index in [-0.39, 0.29) is 0 Å². The van der Waals surface area contributed by atoms with Crippen molar-refractivity contribution in [2.45, 2.75) is 24.2 Å². The second kappa shape index (κ2) is 6.92. The van der Waals surface area contributed by atoms with Gasteiger partial charge in [-0.25, -0.2) is 0 Å². The lowest BCUT2D eigenvalue weighted by molar-refractivity contribution is 0.830. The fraction of sp³-hybridized carbons (Fsp3) is 0.333. The van der Waals surface area contributed by atoms with Crippen molar-refractivity contribution in [1.82, 2.24) is 0 Å². The molecule has 0 aliphatic heterocycles. The first-order valence-electron chi connectivity index (χ1n) is 4.86. The smallest absolute Gasteiger partial charge is 0.0991 e. The highest BCUT2D eigenvalue weighted by atomic mass is 32.2. The lowest BCUT2D eigenvalue weighted by atomic mass is 10.2. The van der Waals surface area contributed by atoms with Gasteiger partial charge in [0.05, 0.1) is 17.7 Å². The van der Waals surface area contributed by atoms with Gasteiger partial charge < -0.3 is 0 Å². The Kier molecular flexibility index (Phi) is 5.37. The number of thioether (sulfide) groups is 1. The highest BCUT2D eigenvalue weighted by molar-refractivity contribution is 7.99. The molecule has 2 nitrogen and oxygen atoms in total. The molecule has 0 saturated heterocycles. The predicted molar refractivity (Wildman–Crippen MR) is 61.3 cm³/mol. The number of hydrogen-bond acceptors (Lipinski definition) is 3. The number of hydrogen-bond donors (Lipinski definition) is 0. The molecule has 0 saturated carbocycles. The molecule has 0 spiro atoms. The molecule has 3 heteroatoms. The van der Waals surface area contributed by atoms with Crippen LogP contribution < -0.4 is 0 Å². The van der Waals surface area contributed by atoms with Crippen molar-refractivity contribution < 1.29 is 0 Å². The topological polar surface area (TPSA) is 47.6 Å². The van der Waals surface area contributed by atoms with Gasteiger partial charge in [0.2, 0.25) is 0 Å². The number of nitriles is 2. The van der Waals surface area contributed by atoms with Crippen LogP contribution in [0.5, 0.6) is 0 Å². The Morgan fingerprint density at radius 3 is 2.40 bits per heavy atom. The highest BCUT2D eigenvalue weighted by Crippen LogP contribution is 2.19. The monoisotopic (exact) mass is 216 g/mol. The van der Waals surface area contributed by atoms with Crippen LogP contribution in [-0.2, 0) is 0 Å². The molecule has 0 fully saturated rings. The summed E-state index contributed by atoms with van der Waals surface area (Å²) in [5, 5.41) is 17.0. The molecular weight excluding hydrogens is 204 g/mol. The largest absolute Gasteiger partial charge is 0.198 e. The number of unbranched alkanes of at least 4 members (excludes halogenated alkanes) is 2. The van der Waals surface area contributed by atoms with Crippen LogP contribution in [0, 0.1) is 22.7 Å². The SMILES string of the molecule is N#CCCCCSc1ccc(C#N)cc1. The van der Waals surface area contributed by atoms with E-state index in [4.69, 9.17) is 10.5 Å². The first-order chi connectivity index (χ1) is 7.36. The molecule has 1 aromatic rings. The molecule has 0 N–H and O–H groups in total. The molecule has 0 atom stereocenters. The van der Waals surface area contributed by atoms with Gasteiger partial charge >= 0.3 is 0 Å². The van der Waals surface area contributed by atoms with Crippen molar-refractivity contribution in [2.75, 3.05) is 5.75 Å². The van der Waals surface area contributed by atoms with Crippen molar-refractivity contribution in [3.8, 4) is 12.1 Å². The number of benzene rings is 1. The van der Waals surface area contributed by atoms with Gasteiger partial charge in [-0.3, -0.25) is 0 Å². The Balaban J connectivity index is 2.27. The summed E-state index contributed by atoms with van der Waals surface area (Å²) >= 11 is 1.77. The summed E-state index contributed by atoms with van der Waals surface area (Å²) in [6.45, 7) is 0. The summed E-state index contributed by atoms with van der Waals surface area (Å²) in [5.41, 5.74) is 0.698. The second-order valence-corrected chi connectivity index (χ2v) is 4.27. The second-order valence-electron chi connectivity index (χ2n) is 3.10. The Morgan fingerprint density at radius 1 is 1.07 bits per heavy atom. The van der Waals surface area contributed by atoms with Gasteiger partial charge in [-0.2, -0.15) is 10.5 Å². The number of rotatable bonds is 5. The third-order valence-corrected chi connectivity index (χ3v) is 3.03. The van der Waals surface area contributed by atoms with Gasteiger partial charge in [-0.15, -0.1) is 11.8 Å². The molecule has 1 aromatic carbocycles. The van der Waals surface area contributed by atoms with E-state index in [0.717, 1.165) is 18.6 Å². The van der Waals surface area contributed by atoms with Gasteiger partial charge in [-0.1, -0.05) is 0 Å². The lowest BCUT2D eigenvalue weighted by Crippen LogP contribution is -1.81. The van der Waals surface area contributed by atoms with Gasteiger partial charge in [0, 0.05) is 11.3 Å². The van der Waals surface area contributed by atoms with Crippen LogP contribution in [0.1, 0.15) is 24.8 Å². The molecule has 0 amide bonds. The van der Waals surface area contributed by atoms with E-state index in [9.17, 15) is 0 Å². The fourth-order valence-corrected chi connectivity index (χ4v) is 2.03. The summed E-state index contributed by atoms with van der Waals surface area (Å²) in [6, 6.07) is 11.8. The third kappa shape index (κ3) is 4.54. The lowest BCUT2D eigenvalue weighted by Gasteiger charge is -2.00. The Hall–Kier alpha value is -1.45. The van der Waals surface area contributed by atoms with Crippen LogP contribution in [0.25, 0.3) is 0 Å². The van der Waals surface area contributed by atoms with Crippen molar-refractivity contribution in [2.24, 2.45) is 0 Å². The van der Waals surface area contributed by atoms with Gasteiger partial charge in [0.25, 0.3) is 0 Å². The van der Waals surface area contributed by atoms with Crippen LogP contribution in [0.2, 0.25) is 0 Å². The average Bonchev–Trinajstić information content (AvgIpc) is 2.30. The van der Waals surface area contributed by atoms with Crippen molar-refractivity contribution in [3.05, 3.63) is 29.8 Å². The van der Waals surface area contributed by atoms with Crippen LogP contribution >= 0.6 is 11.8 Å². The summed E-state index contributed by atoms with van der Waals surface area (Å²) in [6.07, 6.45) is 2.69. The quantitative estimate of drug-likeness (QED) is 0.560. The predicted octanol–water partition coefficient (Wildman–Crippen LogP) is 3.34. The maximum Gasteiger partial charge on any atom is 0.0991 e. The van der Waals surface area contributed by atoms with Crippen LogP contribution in [-0.4, -0.2) is 5.75 Å². The van der Waals surface area contributed by atoms with E-state index in [1.807, 2.05) is 24.3 Å². The molecular formula is C12H12N2S. The number of nitrogens with zero attached hydrogens (tertiary/aromatic N) is 2. The maximum atomic E-state index is 8.61. The van der Waals surface area contributed by atoms with Gasteiger partial charge in [0.15, 0.2) is 0 Å². The van der Waals surface area contributed by atoms with E-state index in [1.54, 1.807) is 11.8 Å². The van der Waals surface area contributed by atoms with E-state index < -0.39 is 0 Å². The Labute approximate surface area is 94.5 Å². The zero-order chi connectivity index (χ0) is 10.9. The maximum absolute atomic E-state index is 8.61. The summed E-state index contributed by atoms with van der Waals surface area (Å²) in [5.74, 6) is 1.04. The molecule has 0 bridgehead atoms. The minimum atomic E-state index is 0.647. The van der Waals surface area contributed by atoms with Crippen LogP contribution in [0.15, 0.2) is 29.2 Å². The minimum Gasteiger partial charge on any atom is -0.198 e. The highest BCUT2D eigenvalue weighted by Gasteiger charge is 1.95. The molecule has 15 heavy (non-hydrogen) atoms. The van der Waals surface area contributed by atoms with Crippen LogP contribution in [0.4, 0.5) is 0 Å². The molecule has 0 aromatic heterocycles.